The summed E-state index contributed by atoms with van der Waals surface area (Å²) in [5.41, 5.74) is 3.09. The number of nitrogens with one attached hydrogen (secondary N) is 2. The van der Waals surface area contributed by atoms with Crippen molar-refractivity contribution in [1.82, 2.24) is 20.5 Å². The van der Waals surface area contributed by atoms with Gasteiger partial charge in [0.1, 0.15) is 36.0 Å². The van der Waals surface area contributed by atoms with E-state index >= 15 is 4.39 Å². The normalized spacial score (nSPS) is 19.3. The van der Waals surface area contributed by atoms with Gasteiger partial charge in [-0.2, -0.15) is 5.26 Å². The van der Waals surface area contributed by atoms with Crippen LogP contribution in [0, 0.1) is 29.5 Å². The molecule has 2 aliphatic heterocycles. The number of hydrogen-bond acceptors (Lipinski definition) is 13. The second-order valence-corrected chi connectivity index (χ2v) is 20.0. The zero-order valence-electron chi connectivity index (χ0n) is 40.2. The first-order chi connectivity index (χ1) is 32.8. The summed E-state index contributed by atoms with van der Waals surface area (Å²) >= 11 is 7.36. The van der Waals surface area contributed by atoms with Crippen LogP contribution in [0.5, 0.6) is 11.5 Å². The van der Waals surface area contributed by atoms with Gasteiger partial charge in [0.15, 0.2) is 16.7 Å². The lowest BCUT2D eigenvalue weighted by atomic mass is 9.85. The number of unbranched alkanes of at least 4 members (excludes halogenated alkanes) is 1. The topological polar surface area (TPSA) is 196 Å². The van der Waals surface area contributed by atoms with Gasteiger partial charge in [-0.15, -0.1) is 11.3 Å². The maximum absolute atomic E-state index is 15.3. The van der Waals surface area contributed by atoms with Crippen molar-refractivity contribution >= 4 is 63.7 Å². The minimum atomic E-state index is -1.14. The molecule has 4 atom stereocenters. The largest absolute Gasteiger partial charge is 0.495 e. The van der Waals surface area contributed by atoms with Crippen LogP contribution in [0.1, 0.15) is 88.8 Å². The molecule has 2 saturated heterocycles. The number of methoxy groups -OCH3 is 1. The quantitative estimate of drug-likeness (QED) is 0.0802. The van der Waals surface area contributed by atoms with Gasteiger partial charge in [-0.05, 0) is 93.9 Å². The fourth-order valence-electron chi connectivity index (χ4n) is 8.42. The van der Waals surface area contributed by atoms with Crippen LogP contribution < -0.4 is 29.9 Å². The Labute approximate surface area is 412 Å². The first kappa shape index (κ1) is 52.6. The Hall–Kier alpha value is -5.78. The van der Waals surface area contributed by atoms with E-state index in [-0.39, 0.29) is 67.9 Å². The van der Waals surface area contributed by atoms with Crippen LogP contribution in [0.15, 0.2) is 65.7 Å². The van der Waals surface area contributed by atoms with Gasteiger partial charge in [0.05, 0.1) is 42.3 Å². The number of aromatic nitrogens is 1. The maximum Gasteiger partial charge on any atom is 0.259 e. The molecule has 1 aliphatic carbocycles. The SMILES string of the molecule is COc1cc(N2C(=O)C(C)(C)N(c3ccc(OCCCCOCCCOCC(=O)N[C@H](C(=O)N4C[C@H](O)C[C@H]4C(=O)NCC4=CCC(c5scnc5C)C=C4)C(C)(C)C)c(F)c3)C2=S)ccc1C#N. The predicted molar refractivity (Wildman–Crippen MR) is 264 cm³/mol. The molecule has 16 nitrogen and oxygen atoms in total. The van der Waals surface area contributed by atoms with E-state index < -0.39 is 46.8 Å². The third kappa shape index (κ3) is 12.7. The lowest BCUT2D eigenvalue weighted by Crippen LogP contribution is -2.58. The van der Waals surface area contributed by atoms with Crippen molar-refractivity contribution in [1.29, 1.82) is 5.26 Å². The van der Waals surface area contributed by atoms with E-state index in [4.69, 9.17) is 31.2 Å². The minimum Gasteiger partial charge on any atom is -0.495 e. The van der Waals surface area contributed by atoms with Crippen LogP contribution in [-0.4, -0.2) is 121 Å². The van der Waals surface area contributed by atoms with Crippen molar-refractivity contribution in [3.05, 3.63) is 87.7 Å². The monoisotopic (exact) mass is 987 g/mol. The third-order valence-corrected chi connectivity index (χ3v) is 13.6. The van der Waals surface area contributed by atoms with Crippen molar-refractivity contribution in [3.63, 3.8) is 0 Å². The Balaban J connectivity index is 0.866. The van der Waals surface area contributed by atoms with Gasteiger partial charge in [0.25, 0.3) is 5.91 Å². The third-order valence-electron chi connectivity index (χ3n) is 12.2. The number of carbonyl (C=O) groups is 4. The van der Waals surface area contributed by atoms with E-state index in [1.807, 2.05) is 45.4 Å². The maximum atomic E-state index is 15.3. The van der Waals surface area contributed by atoms with Crippen LogP contribution in [0.25, 0.3) is 0 Å². The number of ether oxygens (including phenoxy) is 4. The summed E-state index contributed by atoms with van der Waals surface area (Å²) in [4.78, 5) is 63.9. The predicted octanol–water partition coefficient (Wildman–Crippen LogP) is 6.25. The average Bonchev–Trinajstić information content (AvgIpc) is 3.98. The number of halogens is 1. The van der Waals surface area contributed by atoms with Crippen LogP contribution in [-0.2, 0) is 28.7 Å². The molecule has 4 amide bonds. The van der Waals surface area contributed by atoms with Crippen LogP contribution in [0.4, 0.5) is 15.8 Å². The Morgan fingerprint density at radius 1 is 1.06 bits per heavy atom. The molecule has 19 heteroatoms. The summed E-state index contributed by atoms with van der Waals surface area (Å²) < 4.78 is 37.7. The van der Waals surface area contributed by atoms with E-state index in [9.17, 15) is 29.5 Å². The van der Waals surface area contributed by atoms with Gasteiger partial charge < -0.3 is 44.5 Å². The second-order valence-electron chi connectivity index (χ2n) is 18.8. The van der Waals surface area contributed by atoms with Crippen molar-refractivity contribution in [2.24, 2.45) is 5.41 Å². The Kier molecular flexibility index (Phi) is 17.7. The number of benzene rings is 2. The van der Waals surface area contributed by atoms with E-state index in [2.05, 4.69) is 27.8 Å². The summed E-state index contributed by atoms with van der Waals surface area (Å²) in [6, 6.07) is 9.35. The molecule has 1 unspecified atom stereocenters. The molecule has 0 spiro atoms. The van der Waals surface area contributed by atoms with E-state index in [1.54, 1.807) is 54.3 Å². The highest BCUT2D eigenvalue weighted by molar-refractivity contribution is 7.81. The van der Waals surface area contributed by atoms with E-state index in [1.165, 1.54) is 33.9 Å². The highest BCUT2D eigenvalue weighted by Gasteiger charge is 2.51. The van der Waals surface area contributed by atoms with E-state index in [0.717, 1.165) is 17.7 Å². The number of thiocarbonyl (C=S) groups is 1. The summed E-state index contributed by atoms with van der Waals surface area (Å²) in [6.07, 6.45) is 8.00. The molecule has 2 aromatic carbocycles. The average molecular weight is 988 g/mol. The molecule has 0 radical (unpaired) electrons. The number of β-amino-alcohol motifs (C(OH)–C–C–N with tert-alkyl or cyclic N) is 1. The van der Waals surface area contributed by atoms with Crippen LogP contribution >= 0.6 is 23.6 Å². The van der Waals surface area contributed by atoms with Crippen molar-refractivity contribution in [2.45, 2.75) is 103 Å². The molecule has 3 N–H and O–H groups in total. The number of aliphatic hydroxyl groups excluding tert-OH is 1. The summed E-state index contributed by atoms with van der Waals surface area (Å²) in [5, 5.41) is 25.8. The highest BCUT2D eigenvalue weighted by Crippen LogP contribution is 2.39. The number of likely N-dealkylation sites (tertiary alicyclic amines) is 1. The lowest BCUT2D eigenvalue weighted by molar-refractivity contribution is -0.144. The smallest absolute Gasteiger partial charge is 0.259 e. The van der Waals surface area contributed by atoms with Crippen LogP contribution in [0.2, 0.25) is 0 Å². The molecule has 370 valence electrons. The lowest BCUT2D eigenvalue weighted by Gasteiger charge is -2.35. The number of aryl methyl sites for hydroxylation is 1. The number of amides is 4. The fraction of sp³-hybridized carbons (Fsp3) is 0.500. The molecule has 6 rings (SSSR count). The van der Waals surface area contributed by atoms with Gasteiger partial charge in [-0.25, -0.2) is 9.37 Å². The molecule has 69 heavy (non-hydrogen) atoms. The molecule has 1 aromatic heterocycles. The number of allylic oxidation sites excluding steroid dienone is 2. The molecule has 3 aromatic rings. The number of rotatable bonds is 21. The zero-order valence-corrected chi connectivity index (χ0v) is 41.8. The van der Waals surface area contributed by atoms with Gasteiger partial charge in [0.2, 0.25) is 17.7 Å². The van der Waals surface area contributed by atoms with Crippen molar-refractivity contribution in [3.8, 4) is 17.6 Å². The molecular formula is C50H62FN7O9S2. The number of anilines is 2. The van der Waals surface area contributed by atoms with Gasteiger partial charge in [0, 0.05) is 67.9 Å². The molecular weight excluding hydrogens is 926 g/mol. The summed E-state index contributed by atoms with van der Waals surface area (Å²) in [5.74, 6) is -1.62. The van der Waals surface area contributed by atoms with Crippen molar-refractivity contribution < 1.29 is 47.6 Å². The van der Waals surface area contributed by atoms with Gasteiger partial charge in [-0.1, -0.05) is 39.0 Å². The van der Waals surface area contributed by atoms with Crippen LogP contribution in [0.3, 0.4) is 0 Å². The fourth-order valence-corrected chi connectivity index (χ4v) is 9.84. The Morgan fingerprint density at radius 2 is 1.78 bits per heavy atom. The minimum absolute atomic E-state index is 0.0209. The van der Waals surface area contributed by atoms with E-state index in [0.29, 0.717) is 55.2 Å². The number of nitriles is 1. The zero-order chi connectivity index (χ0) is 50.0. The summed E-state index contributed by atoms with van der Waals surface area (Å²) in [7, 11) is 1.43. The number of aliphatic hydroxyl groups is 1. The van der Waals surface area contributed by atoms with Gasteiger partial charge >= 0.3 is 0 Å². The molecule has 0 bridgehead atoms. The molecule has 3 heterocycles. The standard InChI is InChI=1S/C50H62FN7O9S2/c1-31-43(69-30-54-31)33-13-11-32(12-14-33)27-53-45(61)39-25-37(59)28-56(39)46(62)44(49(2,3)4)55-42(60)29-66-21-10-20-65-19-8-9-22-67-40-18-17-36(23-38(40)51)58-48(68)57(47(63)50(58,5)6)35-16-15-34(26-52)41(24-35)64-7/h11-13,15-18,23-24,30,33,37,39,44,59H,8-10,14,19-22,25,27-29H2,1-7H3,(H,53,61)(H,55,60)/t33?,37-,39+,44-/m1/s1. The number of thiazole rings is 1. The van der Waals surface area contributed by atoms with Crippen molar-refractivity contribution in [2.75, 3.05) is 63.0 Å². The molecule has 3 aliphatic rings. The highest BCUT2D eigenvalue weighted by atomic mass is 32.1. The Bertz CT molecular complexity index is 2480. The molecule has 0 saturated carbocycles. The first-order valence-corrected chi connectivity index (χ1v) is 24.3. The number of nitrogens with zero attached hydrogens (tertiary/aromatic N) is 5. The Morgan fingerprint density at radius 3 is 2.45 bits per heavy atom. The first-order valence-electron chi connectivity index (χ1n) is 23.0. The number of carbonyl (C=O) groups excluding carboxylic acids is 4. The van der Waals surface area contributed by atoms with Gasteiger partial charge in [-0.3, -0.25) is 24.1 Å². The summed E-state index contributed by atoms with van der Waals surface area (Å²) in [6.45, 7) is 12.2. The second kappa shape index (κ2) is 23.2. The molecule has 2 fully saturated rings. The number of hydrogen-bond donors (Lipinski definition) is 3.